The van der Waals surface area contributed by atoms with Gasteiger partial charge in [0.1, 0.15) is 17.4 Å². The summed E-state index contributed by atoms with van der Waals surface area (Å²) in [6.07, 6.45) is 1.72. The van der Waals surface area contributed by atoms with Crippen molar-refractivity contribution in [1.29, 1.82) is 0 Å². The van der Waals surface area contributed by atoms with Gasteiger partial charge in [-0.05, 0) is 56.4 Å². The molecule has 6 rings (SSSR count). The minimum absolute atomic E-state index is 0.0607. The first-order valence-electron chi connectivity index (χ1n) is 12.2. The molecule has 35 heavy (non-hydrogen) atoms. The van der Waals surface area contributed by atoms with Gasteiger partial charge < -0.3 is 24.5 Å². The lowest BCUT2D eigenvalue weighted by molar-refractivity contribution is 0.0606. The number of carbonyl (C=O) groups excluding carboxylic acids is 1. The van der Waals surface area contributed by atoms with Crippen molar-refractivity contribution < 1.29 is 13.9 Å². The van der Waals surface area contributed by atoms with Crippen LogP contribution >= 0.6 is 11.3 Å². The third-order valence-electron chi connectivity index (χ3n) is 7.20. The molecule has 1 amide bonds. The van der Waals surface area contributed by atoms with Gasteiger partial charge in [-0.15, -0.1) is 11.3 Å². The highest BCUT2D eigenvalue weighted by molar-refractivity contribution is 7.19. The molecule has 1 saturated heterocycles. The minimum atomic E-state index is -1.11. The number of rotatable bonds is 5. The molecule has 2 N–H and O–H groups in total. The van der Waals surface area contributed by atoms with Crippen molar-refractivity contribution in [1.82, 2.24) is 19.0 Å². The third kappa shape index (κ3) is 3.90. The normalized spacial score (nSPS) is 20.8. The number of imidazole rings is 1. The van der Waals surface area contributed by atoms with Crippen LogP contribution in [0.15, 0.2) is 24.3 Å². The Morgan fingerprint density at radius 3 is 2.77 bits per heavy atom. The first-order valence-corrected chi connectivity index (χ1v) is 13.0. The number of aryl methyl sites for hydroxylation is 2. The Bertz CT molecular complexity index is 1440. The summed E-state index contributed by atoms with van der Waals surface area (Å²) in [7, 11) is 3.58. The molecule has 2 aliphatic rings. The number of hydrogen-bond acceptors (Lipinski definition) is 5. The van der Waals surface area contributed by atoms with Gasteiger partial charge in [0.05, 0.1) is 35.1 Å². The van der Waals surface area contributed by atoms with Crippen LogP contribution in [0.3, 0.4) is 0 Å². The number of thiophene rings is 1. The number of nitrogens with two attached hydrogens (primary N) is 1. The highest BCUT2D eigenvalue weighted by atomic mass is 32.1. The van der Waals surface area contributed by atoms with E-state index in [0.29, 0.717) is 29.3 Å². The van der Waals surface area contributed by atoms with Crippen LogP contribution in [0.4, 0.5) is 4.39 Å². The van der Waals surface area contributed by atoms with Crippen LogP contribution in [0.1, 0.15) is 34.5 Å². The second kappa shape index (κ2) is 8.34. The quantitative estimate of drug-likeness (QED) is 0.442. The predicted molar refractivity (Wildman–Crippen MR) is 137 cm³/mol. The van der Waals surface area contributed by atoms with E-state index in [9.17, 15) is 9.18 Å². The number of ether oxygens (including phenoxy) is 1. The van der Waals surface area contributed by atoms with E-state index < -0.39 is 6.17 Å². The van der Waals surface area contributed by atoms with Gasteiger partial charge in [0.15, 0.2) is 5.82 Å². The molecule has 2 fully saturated rings. The van der Waals surface area contributed by atoms with Gasteiger partial charge in [0.25, 0.3) is 5.91 Å². The van der Waals surface area contributed by atoms with E-state index >= 15 is 0 Å². The number of aromatic nitrogens is 3. The average Bonchev–Trinajstić information content (AvgIpc) is 3.37. The van der Waals surface area contributed by atoms with Crippen molar-refractivity contribution >= 4 is 38.5 Å². The van der Waals surface area contributed by atoms with Crippen molar-refractivity contribution in [2.45, 2.75) is 44.9 Å². The number of hydrogen-bond donors (Lipinski definition) is 1. The van der Waals surface area contributed by atoms with Crippen LogP contribution in [-0.2, 0) is 13.6 Å². The first-order chi connectivity index (χ1) is 16.8. The molecule has 184 valence electrons. The maximum Gasteiger partial charge on any atom is 0.254 e. The number of halogens is 1. The lowest BCUT2D eigenvalue weighted by Gasteiger charge is -2.33. The number of fused-ring (bicyclic) bond motifs is 2. The van der Waals surface area contributed by atoms with Crippen LogP contribution in [-0.4, -0.2) is 57.3 Å². The molecule has 1 aliphatic carbocycles. The van der Waals surface area contributed by atoms with Crippen LogP contribution in [0.25, 0.3) is 32.8 Å². The number of alkyl halides is 1. The maximum absolute atomic E-state index is 14.1. The number of amides is 1. The second-order valence-corrected chi connectivity index (χ2v) is 11.3. The first kappa shape index (κ1) is 22.5. The van der Waals surface area contributed by atoms with Gasteiger partial charge in [-0.1, -0.05) is 0 Å². The zero-order valence-electron chi connectivity index (χ0n) is 20.3. The maximum atomic E-state index is 14.1. The predicted octanol–water partition coefficient (Wildman–Crippen LogP) is 4.49. The molecule has 2 atom stereocenters. The largest absolute Gasteiger partial charge is 0.494 e. The highest BCUT2D eigenvalue weighted by Gasteiger charge is 2.30. The molecule has 1 aliphatic heterocycles. The lowest BCUT2D eigenvalue weighted by atomic mass is 10.0. The molecule has 3 aromatic heterocycles. The van der Waals surface area contributed by atoms with E-state index in [1.54, 1.807) is 30.6 Å². The van der Waals surface area contributed by atoms with Crippen LogP contribution in [0.5, 0.6) is 5.75 Å². The summed E-state index contributed by atoms with van der Waals surface area (Å²) >= 11 is 1.80. The summed E-state index contributed by atoms with van der Waals surface area (Å²) in [5.74, 6) is 1.88. The average molecular weight is 496 g/mol. The number of benzene rings is 1. The fourth-order valence-corrected chi connectivity index (χ4v) is 6.31. The minimum Gasteiger partial charge on any atom is -0.494 e. The monoisotopic (exact) mass is 495 g/mol. The van der Waals surface area contributed by atoms with E-state index in [0.717, 1.165) is 23.6 Å². The summed E-state index contributed by atoms with van der Waals surface area (Å²) in [6.45, 7) is 3.53. The number of likely N-dealkylation sites (tertiary alicyclic amines) is 1. The van der Waals surface area contributed by atoms with E-state index in [-0.39, 0.29) is 24.9 Å². The zero-order chi connectivity index (χ0) is 24.4. The zero-order valence-corrected chi connectivity index (χ0v) is 21.1. The SMILES string of the molecule is COc1cc(C(=O)N2CC(N)C[C@@H](F)C2)cc2nc(-c3cc4sc(C)cc4n3CC3CC3)n(C)c12. The topological polar surface area (TPSA) is 78.3 Å². The van der Waals surface area contributed by atoms with E-state index in [2.05, 4.69) is 23.6 Å². The lowest BCUT2D eigenvalue weighted by Crippen LogP contribution is -2.50. The smallest absolute Gasteiger partial charge is 0.254 e. The van der Waals surface area contributed by atoms with Crippen molar-refractivity contribution in [2.24, 2.45) is 18.7 Å². The Hall–Kier alpha value is -2.91. The summed E-state index contributed by atoms with van der Waals surface area (Å²) in [5, 5.41) is 0. The van der Waals surface area contributed by atoms with Crippen LogP contribution < -0.4 is 10.5 Å². The third-order valence-corrected chi connectivity index (χ3v) is 8.19. The molecule has 0 spiro atoms. The van der Waals surface area contributed by atoms with Gasteiger partial charge >= 0.3 is 0 Å². The van der Waals surface area contributed by atoms with Crippen LogP contribution in [0.2, 0.25) is 0 Å². The fraction of sp³-hybridized carbons (Fsp3) is 0.462. The molecule has 4 heterocycles. The molecule has 0 radical (unpaired) electrons. The van der Waals surface area contributed by atoms with E-state index in [4.69, 9.17) is 15.5 Å². The summed E-state index contributed by atoms with van der Waals surface area (Å²) in [6, 6.07) is 7.65. The molecule has 7 nitrogen and oxygen atoms in total. The van der Waals surface area contributed by atoms with E-state index in [1.807, 2.05) is 11.6 Å². The van der Waals surface area contributed by atoms with Crippen molar-refractivity contribution in [3.63, 3.8) is 0 Å². The number of methoxy groups -OCH3 is 1. The van der Waals surface area contributed by atoms with Gasteiger partial charge in [-0.3, -0.25) is 4.79 Å². The highest BCUT2D eigenvalue weighted by Crippen LogP contribution is 2.40. The molecule has 1 aromatic carbocycles. The summed E-state index contributed by atoms with van der Waals surface area (Å²) in [5.41, 5.74) is 10.3. The van der Waals surface area contributed by atoms with Crippen molar-refractivity contribution in [3.8, 4) is 17.3 Å². The fourth-order valence-electron chi connectivity index (χ4n) is 5.35. The van der Waals surface area contributed by atoms with Crippen molar-refractivity contribution in [2.75, 3.05) is 20.2 Å². The summed E-state index contributed by atoms with van der Waals surface area (Å²) in [4.78, 5) is 21.1. The Kier molecular flexibility index (Phi) is 5.37. The molecular formula is C26H30FN5O2S. The number of carbonyl (C=O) groups is 1. The number of piperidine rings is 1. The Labute approximate surface area is 207 Å². The Morgan fingerprint density at radius 2 is 2.06 bits per heavy atom. The molecule has 1 saturated carbocycles. The molecule has 0 bridgehead atoms. The Balaban J connectivity index is 1.45. The standard InChI is InChI=1S/C26H30FN5O2S/c1-14-6-20-23(35-14)10-21(32(20)11-15-4-5-15)25-29-19-7-16(8-22(34-3)24(19)30(25)2)26(33)31-12-17(27)9-18(28)13-31/h6-8,10,15,17-18H,4-5,9,11-13,28H2,1-3H3/t17-,18?/m1/s1. The van der Waals surface area contributed by atoms with Gasteiger partial charge in [-0.25, -0.2) is 9.37 Å². The Morgan fingerprint density at radius 1 is 1.26 bits per heavy atom. The van der Waals surface area contributed by atoms with E-state index in [1.165, 1.54) is 32.8 Å². The van der Waals surface area contributed by atoms with Gasteiger partial charge in [-0.2, -0.15) is 0 Å². The van der Waals surface area contributed by atoms with Crippen molar-refractivity contribution in [3.05, 3.63) is 34.7 Å². The molecule has 9 heteroatoms. The van der Waals surface area contributed by atoms with Crippen LogP contribution in [0, 0.1) is 12.8 Å². The molecule has 4 aromatic rings. The molecule has 1 unspecified atom stereocenters. The van der Waals surface area contributed by atoms with Gasteiger partial charge in [0.2, 0.25) is 0 Å². The molecular weight excluding hydrogens is 465 g/mol. The summed E-state index contributed by atoms with van der Waals surface area (Å²) < 4.78 is 25.5. The second-order valence-electron chi connectivity index (χ2n) is 10.0. The number of nitrogens with zero attached hydrogens (tertiary/aromatic N) is 4. The van der Waals surface area contributed by atoms with Gasteiger partial charge in [0, 0.05) is 36.6 Å².